The van der Waals surface area contributed by atoms with Gasteiger partial charge in [0.2, 0.25) is 0 Å². The number of Topliss-reactive ketones (excluding diaryl/α,β-unsaturated/α-hetero) is 1. The highest BCUT2D eigenvalue weighted by Gasteiger charge is 2.43. The second-order valence-electron chi connectivity index (χ2n) is 4.91. The van der Waals surface area contributed by atoms with Gasteiger partial charge in [-0.05, 0) is 30.3 Å². The summed E-state index contributed by atoms with van der Waals surface area (Å²) in [4.78, 5) is 23.6. The normalized spacial score (nSPS) is 19.7. The lowest BCUT2D eigenvalue weighted by Crippen LogP contribution is -2.08. The summed E-state index contributed by atoms with van der Waals surface area (Å²) in [5, 5.41) is 10.8. The van der Waals surface area contributed by atoms with Crippen molar-refractivity contribution in [1.82, 2.24) is 0 Å². The molecule has 0 spiro atoms. The number of hydrogen-bond acceptors (Lipinski definition) is 4. The topological polar surface area (TPSA) is 63.6 Å². The molecule has 1 atom stereocenters. The molecule has 0 aliphatic carbocycles. The van der Waals surface area contributed by atoms with Crippen LogP contribution in [0.5, 0.6) is 0 Å². The average Bonchev–Trinajstić information content (AvgIpc) is 2.83. The summed E-state index contributed by atoms with van der Waals surface area (Å²) in [6.07, 6.45) is -1.29. The van der Waals surface area contributed by atoms with Crippen molar-refractivity contribution in [2.24, 2.45) is 0 Å². The Morgan fingerprint density at radius 3 is 2.39 bits per heavy atom. The van der Waals surface area contributed by atoms with Crippen LogP contribution in [0.3, 0.4) is 0 Å². The lowest BCUT2D eigenvalue weighted by atomic mass is 9.96. The van der Waals surface area contributed by atoms with Gasteiger partial charge in [0.15, 0.2) is 6.10 Å². The number of aliphatic hydroxyl groups is 1. The van der Waals surface area contributed by atoms with Crippen molar-refractivity contribution < 1.29 is 23.8 Å². The highest BCUT2D eigenvalue weighted by Crippen LogP contribution is 2.37. The van der Waals surface area contributed by atoms with Crippen molar-refractivity contribution in [3.05, 3.63) is 76.1 Å². The summed E-state index contributed by atoms with van der Waals surface area (Å²) < 4.78 is 18.9. The first kappa shape index (κ1) is 15.2. The minimum absolute atomic E-state index is 0.00205. The Bertz CT molecular complexity index is 827. The maximum atomic E-state index is 14.0. The molecule has 1 aliphatic heterocycles. The summed E-state index contributed by atoms with van der Waals surface area (Å²) in [5.41, 5.74) is -0.0120. The van der Waals surface area contributed by atoms with Crippen molar-refractivity contribution >= 4 is 29.1 Å². The fourth-order valence-corrected chi connectivity index (χ4v) is 2.48. The molecule has 0 amide bonds. The molecule has 1 aliphatic rings. The number of halogens is 2. The molecular formula is C17H10ClFO4. The Morgan fingerprint density at radius 2 is 1.74 bits per heavy atom. The number of ketones is 1. The third-order valence-electron chi connectivity index (χ3n) is 3.48. The van der Waals surface area contributed by atoms with E-state index >= 15 is 0 Å². The molecule has 23 heavy (non-hydrogen) atoms. The molecule has 1 fully saturated rings. The quantitative estimate of drug-likeness (QED) is 0.395. The minimum atomic E-state index is -1.29. The third-order valence-corrected chi connectivity index (χ3v) is 3.73. The monoisotopic (exact) mass is 332 g/mol. The molecule has 2 aromatic rings. The van der Waals surface area contributed by atoms with Crippen LogP contribution < -0.4 is 0 Å². The Labute approximate surface area is 135 Å². The van der Waals surface area contributed by atoms with Crippen LogP contribution in [0.4, 0.5) is 4.39 Å². The smallest absolute Gasteiger partial charge is 0.380 e. The van der Waals surface area contributed by atoms with Crippen molar-refractivity contribution in [2.45, 2.75) is 6.10 Å². The molecule has 6 heteroatoms. The number of esters is 1. The Morgan fingerprint density at radius 1 is 1.09 bits per heavy atom. The molecule has 3 rings (SSSR count). The highest BCUT2D eigenvalue weighted by atomic mass is 35.5. The van der Waals surface area contributed by atoms with E-state index in [-0.39, 0.29) is 16.7 Å². The SMILES string of the molecule is O=C1OC(c2ccccc2F)/C(=C(/O)c2ccc(Cl)cc2)C1=O. The second-order valence-corrected chi connectivity index (χ2v) is 5.34. The molecule has 1 heterocycles. The molecule has 0 aromatic heterocycles. The number of rotatable bonds is 2. The van der Waals surface area contributed by atoms with Crippen LogP contribution in [-0.4, -0.2) is 16.9 Å². The van der Waals surface area contributed by atoms with E-state index in [1.54, 1.807) is 6.07 Å². The van der Waals surface area contributed by atoms with Gasteiger partial charge in [-0.25, -0.2) is 9.18 Å². The van der Waals surface area contributed by atoms with Crippen LogP contribution in [0, 0.1) is 5.82 Å². The lowest BCUT2D eigenvalue weighted by Gasteiger charge is -2.13. The van der Waals surface area contributed by atoms with Gasteiger partial charge in [-0.3, -0.25) is 4.79 Å². The second kappa shape index (κ2) is 5.85. The van der Waals surface area contributed by atoms with Gasteiger partial charge in [0.1, 0.15) is 11.6 Å². The van der Waals surface area contributed by atoms with Gasteiger partial charge in [0, 0.05) is 16.1 Å². The van der Waals surface area contributed by atoms with Crippen molar-refractivity contribution in [2.75, 3.05) is 0 Å². The number of carbonyl (C=O) groups is 2. The number of carbonyl (C=O) groups excluding carboxylic acids is 2. The van der Waals surface area contributed by atoms with E-state index in [4.69, 9.17) is 16.3 Å². The fraction of sp³-hybridized carbons (Fsp3) is 0.0588. The molecule has 1 saturated heterocycles. The zero-order valence-corrected chi connectivity index (χ0v) is 12.4. The van der Waals surface area contributed by atoms with Gasteiger partial charge >= 0.3 is 5.97 Å². The van der Waals surface area contributed by atoms with Gasteiger partial charge in [0.05, 0.1) is 5.57 Å². The predicted molar refractivity (Wildman–Crippen MR) is 81.2 cm³/mol. The van der Waals surface area contributed by atoms with Gasteiger partial charge in [-0.15, -0.1) is 0 Å². The predicted octanol–water partition coefficient (Wildman–Crippen LogP) is 3.62. The molecular weight excluding hydrogens is 323 g/mol. The minimum Gasteiger partial charge on any atom is -0.507 e. The standard InChI is InChI=1S/C17H10ClFO4/c18-10-7-5-9(6-8-10)14(20)13-15(21)17(22)23-16(13)11-3-1-2-4-12(11)19/h1-8,16,20H/b14-13+. The number of cyclic esters (lactones) is 1. The lowest BCUT2D eigenvalue weighted by molar-refractivity contribution is -0.149. The molecule has 2 aromatic carbocycles. The number of ether oxygens (including phenoxy) is 1. The van der Waals surface area contributed by atoms with E-state index in [9.17, 15) is 19.1 Å². The molecule has 1 unspecified atom stereocenters. The zero-order valence-electron chi connectivity index (χ0n) is 11.6. The van der Waals surface area contributed by atoms with E-state index in [1.165, 1.54) is 42.5 Å². The first-order valence-electron chi connectivity index (χ1n) is 6.68. The van der Waals surface area contributed by atoms with Gasteiger partial charge in [-0.2, -0.15) is 0 Å². The van der Waals surface area contributed by atoms with E-state index in [2.05, 4.69) is 0 Å². The maximum Gasteiger partial charge on any atom is 0.380 e. The molecule has 116 valence electrons. The summed E-state index contributed by atoms with van der Waals surface area (Å²) in [7, 11) is 0. The Balaban J connectivity index is 2.15. The van der Waals surface area contributed by atoms with Crippen molar-refractivity contribution in [1.29, 1.82) is 0 Å². The number of hydrogen-bond donors (Lipinski definition) is 1. The van der Waals surface area contributed by atoms with Crippen LogP contribution >= 0.6 is 11.6 Å². The van der Waals surface area contributed by atoms with Crippen molar-refractivity contribution in [3.8, 4) is 0 Å². The van der Waals surface area contributed by atoms with E-state index in [1.807, 2.05) is 0 Å². The van der Waals surface area contributed by atoms with Crippen LogP contribution in [0.25, 0.3) is 5.76 Å². The molecule has 4 nitrogen and oxygen atoms in total. The van der Waals surface area contributed by atoms with Crippen molar-refractivity contribution in [3.63, 3.8) is 0 Å². The average molecular weight is 333 g/mol. The van der Waals surface area contributed by atoms with E-state index < -0.39 is 29.4 Å². The van der Waals surface area contributed by atoms with Crippen LogP contribution in [-0.2, 0) is 14.3 Å². The summed E-state index contributed by atoms with van der Waals surface area (Å²) in [6, 6.07) is 11.6. The van der Waals surface area contributed by atoms with Crippen LogP contribution in [0.15, 0.2) is 54.1 Å². The molecule has 0 saturated carbocycles. The summed E-state index contributed by atoms with van der Waals surface area (Å²) in [6.45, 7) is 0. The number of benzene rings is 2. The zero-order chi connectivity index (χ0) is 16.6. The molecule has 0 radical (unpaired) electrons. The van der Waals surface area contributed by atoms with Gasteiger partial charge in [0.25, 0.3) is 5.78 Å². The first-order chi connectivity index (χ1) is 11.0. The first-order valence-corrected chi connectivity index (χ1v) is 7.05. The fourth-order valence-electron chi connectivity index (χ4n) is 2.35. The molecule has 0 bridgehead atoms. The number of aliphatic hydroxyl groups excluding tert-OH is 1. The van der Waals surface area contributed by atoms with Crippen LogP contribution in [0.2, 0.25) is 5.02 Å². The largest absolute Gasteiger partial charge is 0.507 e. The molecule has 1 N–H and O–H groups in total. The maximum absolute atomic E-state index is 14.0. The Hall–Kier alpha value is -2.66. The van der Waals surface area contributed by atoms with Gasteiger partial charge < -0.3 is 9.84 Å². The van der Waals surface area contributed by atoms with E-state index in [0.717, 1.165) is 0 Å². The van der Waals surface area contributed by atoms with E-state index in [0.29, 0.717) is 5.02 Å². The Kier molecular flexibility index (Phi) is 3.88. The van der Waals surface area contributed by atoms with Gasteiger partial charge in [-0.1, -0.05) is 29.8 Å². The van der Waals surface area contributed by atoms with Crippen LogP contribution in [0.1, 0.15) is 17.2 Å². The summed E-state index contributed by atoms with van der Waals surface area (Å²) in [5.74, 6) is -3.20. The summed E-state index contributed by atoms with van der Waals surface area (Å²) >= 11 is 5.78. The third kappa shape index (κ3) is 2.71. The highest BCUT2D eigenvalue weighted by molar-refractivity contribution is 6.44.